The molecular formula is C25H30N8O. The van der Waals surface area contributed by atoms with Gasteiger partial charge in [-0.3, -0.25) is 9.97 Å². The lowest BCUT2D eigenvalue weighted by atomic mass is 9.90. The summed E-state index contributed by atoms with van der Waals surface area (Å²) < 4.78 is 6.00. The summed E-state index contributed by atoms with van der Waals surface area (Å²) in [6, 6.07) is 14.3. The summed E-state index contributed by atoms with van der Waals surface area (Å²) in [6.07, 6.45) is 3.37. The normalized spacial score (nSPS) is 13.8. The monoisotopic (exact) mass is 458 g/mol. The van der Waals surface area contributed by atoms with Crippen LogP contribution < -0.4 is 10.6 Å². The SMILES string of the molecule is Cc1ncc(-c2ccnc(C(C)(C)C#N)c2)nc1-c1nnc(-c2cccc(NC3CNC3)c2)o1.[HH].[HH].[HH]. The van der Waals surface area contributed by atoms with Crippen LogP contribution in [-0.4, -0.2) is 44.3 Å². The number of pyridine rings is 1. The molecule has 9 nitrogen and oxygen atoms in total. The molecule has 0 saturated carbocycles. The molecule has 5 rings (SSSR count). The largest absolute Gasteiger partial charge is 0.415 e. The lowest BCUT2D eigenvalue weighted by Gasteiger charge is -2.29. The van der Waals surface area contributed by atoms with Gasteiger partial charge < -0.3 is 15.1 Å². The summed E-state index contributed by atoms with van der Waals surface area (Å²) in [4.78, 5) is 13.6. The molecule has 4 aromatic rings. The quantitative estimate of drug-likeness (QED) is 0.430. The van der Waals surface area contributed by atoms with Crippen LogP contribution in [0.1, 0.15) is 29.5 Å². The van der Waals surface area contributed by atoms with E-state index in [2.05, 4.69) is 36.9 Å². The number of hydrogen-bond donors (Lipinski definition) is 2. The van der Waals surface area contributed by atoms with Crippen molar-refractivity contribution in [2.75, 3.05) is 18.4 Å². The summed E-state index contributed by atoms with van der Waals surface area (Å²) in [5.74, 6) is 0.717. The van der Waals surface area contributed by atoms with E-state index in [-0.39, 0.29) is 4.28 Å². The molecule has 176 valence electrons. The number of rotatable bonds is 6. The van der Waals surface area contributed by atoms with Crippen LogP contribution in [0.25, 0.3) is 34.3 Å². The van der Waals surface area contributed by atoms with Gasteiger partial charge in [0.15, 0.2) is 0 Å². The van der Waals surface area contributed by atoms with Gasteiger partial charge in [-0.2, -0.15) is 5.26 Å². The van der Waals surface area contributed by atoms with Crippen molar-refractivity contribution in [2.45, 2.75) is 32.2 Å². The topological polar surface area (TPSA) is 125 Å². The molecule has 9 heteroatoms. The maximum absolute atomic E-state index is 9.46. The molecule has 0 amide bonds. The minimum atomic E-state index is -0.711. The predicted octanol–water partition coefficient (Wildman–Crippen LogP) is 4.49. The zero-order chi connectivity index (χ0) is 23.7. The van der Waals surface area contributed by atoms with Gasteiger partial charge in [0.25, 0.3) is 5.89 Å². The molecule has 4 heterocycles. The Morgan fingerprint density at radius 1 is 1.12 bits per heavy atom. The maximum atomic E-state index is 9.46. The van der Waals surface area contributed by atoms with Gasteiger partial charge in [0.05, 0.1) is 40.8 Å². The maximum Gasteiger partial charge on any atom is 0.268 e. The van der Waals surface area contributed by atoms with Crippen molar-refractivity contribution in [3.8, 4) is 40.4 Å². The smallest absolute Gasteiger partial charge is 0.268 e. The molecule has 0 bridgehead atoms. The van der Waals surface area contributed by atoms with E-state index in [1.54, 1.807) is 12.4 Å². The first kappa shape index (κ1) is 21.7. The Hall–Kier alpha value is -4.16. The van der Waals surface area contributed by atoms with Crippen LogP contribution in [-0.2, 0) is 5.41 Å². The molecular weight excluding hydrogens is 428 g/mol. The molecule has 0 unspecified atom stereocenters. The standard InChI is InChI=1S/C25H24N8O.3H2/c1-15-22(31-20(13-29-15)16-7-8-28-21(10-16)25(2,3)14-26)24-33-32-23(34-24)17-5-4-6-18(9-17)30-19-11-27-12-19;;;/h4-10,13,19,27,30H,11-12H2,1-3H3;3*1H. The fraction of sp³-hybridized carbons (Fsp3) is 0.280. The van der Waals surface area contributed by atoms with Gasteiger partial charge in [-0.1, -0.05) is 6.07 Å². The lowest BCUT2D eigenvalue weighted by molar-refractivity contribution is 0.472. The number of anilines is 1. The van der Waals surface area contributed by atoms with Crippen LogP contribution in [0.4, 0.5) is 5.69 Å². The van der Waals surface area contributed by atoms with E-state index in [1.165, 1.54) is 0 Å². The average Bonchev–Trinajstić information content (AvgIpc) is 3.32. The van der Waals surface area contributed by atoms with Crippen molar-refractivity contribution in [2.24, 2.45) is 0 Å². The van der Waals surface area contributed by atoms with Crippen LogP contribution >= 0.6 is 0 Å². The van der Waals surface area contributed by atoms with Gasteiger partial charge in [0.1, 0.15) is 5.69 Å². The third kappa shape index (κ3) is 4.23. The Bertz CT molecular complexity index is 1400. The lowest BCUT2D eigenvalue weighted by Crippen LogP contribution is -2.51. The van der Waals surface area contributed by atoms with Gasteiger partial charge in [0, 0.05) is 40.4 Å². The van der Waals surface area contributed by atoms with Crippen LogP contribution in [0, 0.1) is 18.3 Å². The van der Waals surface area contributed by atoms with Gasteiger partial charge in [-0.25, -0.2) is 4.98 Å². The highest BCUT2D eigenvalue weighted by atomic mass is 16.4. The third-order valence-electron chi connectivity index (χ3n) is 5.82. The Balaban J connectivity index is 0.00000160. The molecule has 1 fully saturated rings. The molecule has 0 aliphatic carbocycles. The van der Waals surface area contributed by atoms with Crippen molar-refractivity contribution in [1.82, 2.24) is 30.5 Å². The first-order valence-electron chi connectivity index (χ1n) is 11.1. The summed E-state index contributed by atoms with van der Waals surface area (Å²) >= 11 is 0. The summed E-state index contributed by atoms with van der Waals surface area (Å²) in [5.41, 5.74) is 4.44. The van der Waals surface area contributed by atoms with Crippen LogP contribution in [0.2, 0.25) is 0 Å². The van der Waals surface area contributed by atoms with Gasteiger partial charge in [-0.05, 0) is 51.1 Å². The Kier molecular flexibility index (Phi) is 5.51. The summed E-state index contributed by atoms with van der Waals surface area (Å²) in [7, 11) is 0. The molecule has 1 saturated heterocycles. The number of aromatic nitrogens is 5. The first-order valence-corrected chi connectivity index (χ1v) is 11.1. The zero-order valence-electron chi connectivity index (χ0n) is 19.2. The molecule has 3 aromatic heterocycles. The van der Waals surface area contributed by atoms with Crippen LogP contribution in [0.15, 0.2) is 53.2 Å². The predicted molar refractivity (Wildman–Crippen MR) is 134 cm³/mol. The van der Waals surface area contributed by atoms with Gasteiger partial charge >= 0.3 is 0 Å². The van der Waals surface area contributed by atoms with Crippen molar-refractivity contribution < 1.29 is 8.70 Å². The molecule has 2 N–H and O–H groups in total. The highest BCUT2D eigenvalue weighted by Crippen LogP contribution is 2.29. The Morgan fingerprint density at radius 2 is 1.94 bits per heavy atom. The number of benzene rings is 1. The van der Waals surface area contributed by atoms with E-state index in [0.29, 0.717) is 40.6 Å². The molecule has 1 aliphatic rings. The Morgan fingerprint density at radius 3 is 2.71 bits per heavy atom. The van der Waals surface area contributed by atoms with Crippen LogP contribution in [0.3, 0.4) is 0 Å². The second-order valence-electron chi connectivity index (χ2n) is 8.85. The van der Waals surface area contributed by atoms with Crippen LogP contribution in [0.5, 0.6) is 0 Å². The highest BCUT2D eigenvalue weighted by molar-refractivity contribution is 5.65. The van der Waals surface area contributed by atoms with E-state index >= 15 is 0 Å². The third-order valence-corrected chi connectivity index (χ3v) is 5.82. The average molecular weight is 459 g/mol. The number of nitriles is 1. The molecule has 0 radical (unpaired) electrons. The van der Waals surface area contributed by atoms with E-state index in [0.717, 1.165) is 29.9 Å². The minimum absolute atomic E-state index is 0. The van der Waals surface area contributed by atoms with E-state index in [4.69, 9.17) is 9.40 Å². The zero-order valence-corrected chi connectivity index (χ0v) is 19.2. The second kappa shape index (κ2) is 8.65. The molecule has 34 heavy (non-hydrogen) atoms. The van der Waals surface area contributed by atoms with E-state index in [9.17, 15) is 5.26 Å². The number of nitrogens with one attached hydrogen (secondary N) is 2. The number of nitrogens with zero attached hydrogens (tertiary/aromatic N) is 6. The molecule has 1 aromatic carbocycles. The molecule has 0 atom stereocenters. The fourth-order valence-corrected chi connectivity index (χ4v) is 3.58. The van der Waals surface area contributed by atoms with Gasteiger partial charge in [0.2, 0.25) is 5.89 Å². The van der Waals surface area contributed by atoms with Crippen molar-refractivity contribution >= 4 is 5.69 Å². The van der Waals surface area contributed by atoms with E-state index < -0.39 is 5.41 Å². The highest BCUT2D eigenvalue weighted by Gasteiger charge is 2.23. The van der Waals surface area contributed by atoms with Gasteiger partial charge in [-0.15, -0.1) is 10.2 Å². The number of aryl methyl sites for hydroxylation is 1. The summed E-state index contributed by atoms with van der Waals surface area (Å²) in [6.45, 7) is 7.42. The fourth-order valence-electron chi connectivity index (χ4n) is 3.58. The Labute approximate surface area is 201 Å². The van der Waals surface area contributed by atoms with E-state index in [1.807, 2.05) is 57.2 Å². The number of hydrogen-bond acceptors (Lipinski definition) is 9. The van der Waals surface area contributed by atoms with Crippen molar-refractivity contribution in [3.63, 3.8) is 0 Å². The second-order valence-corrected chi connectivity index (χ2v) is 8.85. The first-order chi connectivity index (χ1) is 16.4. The summed E-state index contributed by atoms with van der Waals surface area (Å²) in [5, 5.41) is 24.7. The van der Waals surface area contributed by atoms with Crippen molar-refractivity contribution in [1.29, 1.82) is 5.26 Å². The minimum Gasteiger partial charge on any atom is -0.415 e. The van der Waals surface area contributed by atoms with Crippen molar-refractivity contribution in [3.05, 3.63) is 60.2 Å². The molecule has 1 aliphatic heterocycles. The molecule has 0 spiro atoms.